The van der Waals surface area contributed by atoms with Crippen LogP contribution in [0.25, 0.3) is 0 Å². The van der Waals surface area contributed by atoms with Gasteiger partial charge in [-0.2, -0.15) is 0 Å². The second kappa shape index (κ2) is 6.45. The van der Waals surface area contributed by atoms with Gasteiger partial charge in [0.25, 0.3) is 0 Å². The van der Waals surface area contributed by atoms with Gasteiger partial charge in [0, 0.05) is 26.2 Å². The number of carbonyl (C=O) groups is 1. The van der Waals surface area contributed by atoms with Crippen LogP contribution in [0.2, 0.25) is 0 Å². The van der Waals surface area contributed by atoms with Gasteiger partial charge in [-0.05, 0) is 63.7 Å². The van der Waals surface area contributed by atoms with Gasteiger partial charge in [-0.3, -0.25) is 14.7 Å². The highest BCUT2D eigenvalue weighted by Crippen LogP contribution is 2.45. The molecule has 1 spiro atoms. The molecule has 1 aromatic rings. The van der Waals surface area contributed by atoms with Crippen molar-refractivity contribution in [2.45, 2.75) is 58.2 Å². The van der Waals surface area contributed by atoms with E-state index in [2.05, 4.69) is 16.0 Å². The van der Waals surface area contributed by atoms with E-state index in [0.717, 1.165) is 51.1 Å². The summed E-state index contributed by atoms with van der Waals surface area (Å²) in [6, 6.07) is 6.03. The number of amides is 1. The zero-order chi connectivity index (χ0) is 17.4. The summed E-state index contributed by atoms with van der Waals surface area (Å²) in [5.74, 6) is 0.0639. The van der Waals surface area contributed by atoms with Crippen LogP contribution in [0.15, 0.2) is 24.4 Å². The number of hydrogen-bond acceptors (Lipinski definition) is 4. The van der Waals surface area contributed by atoms with Crippen LogP contribution in [-0.4, -0.2) is 57.1 Å². The van der Waals surface area contributed by atoms with Crippen LogP contribution >= 0.6 is 0 Å². The van der Waals surface area contributed by atoms with Crippen molar-refractivity contribution in [2.24, 2.45) is 5.41 Å². The monoisotopic (exact) mass is 331 g/mol. The van der Waals surface area contributed by atoms with Gasteiger partial charge in [0.1, 0.15) is 0 Å². The molecule has 2 saturated heterocycles. The standard InChI is InChI=1S/C19H29N3O2/c1-15(23)22-14-19(12-17(24)18(22,2)3)7-10-21(11-8-19)13-16-6-4-5-9-20-16/h4-6,9,17,24H,7-8,10-14H2,1-3H3. The molecule has 2 fully saturated rings. The molecule has 5 nitrogen and oxygen atoms in total. The number of aliphatic hydroxyl groups is 1. The first-order valence-electron chi connectivity index (χ1n) is 8.91. The van der Waals surface area contributed by atoms with E-state index in [9.17, 15) is 9.90 Å². The molecule has 0 aromatic carbocycles. The molecule has 3 rings (SSSR count). The molecule has 3 heterocycles. The minimum absolute atomic E-state index is 0.0568. The molecule has 0 radical (unpaired) electrons. The Balaban J connectivity index is 1.65. The molecule has 1 aromatic heterocycles. The second-order valence-electron chi connectivity index (χ2n) is 8.08. The van der Waals surface area contributed by atoms with Crippen LogP contribution in [0, 0.1) is 5.41 Å². The maximum absolute atomic E-state index is 12.1. The van der Waals surface area contributed by atoms with Gasteiger partial charge in [-0.25, -0.2) is 0 Å². The van der Waals surface area contributed by atoms with Gasteiger partial charge in [0.05, 0.1) is 17.3 Å². The fourth-order valence-electron chi connectivity index (χ4n) is 4.23. The largest absolute Gasteiger partial charge is 0.391 e. The van der Waals surface area contributed by atoms with Crippen molar-refractivity contribution in [2.75, 3.05) is 19.6 Å². The first-order chi connectivity index (χ1) is 11.3. The average Bonchev–Trinajstić information content (AvgIpc) is 2.54. The lowest BCUT2D eigenvalue weighted by Gasteiger charge is -2.55. The van der Waals surface area contributed by atoms with Gasteiger partial charge in [-0.1, -0.05) is 6.07 Å². The molecule has 1 atom stereocenters. The Bertz CT molecular complexity index is 580. The first kappa shape index (κ1) is 17.4. The molecular weight excluding hydrogens is 302 g/mol. The lowest BCUT2D eigenvalue weighted by atomic mass is 9.67. The molecule has 24 heavy (non-hydrogen) atoms. The highest BCUT2D eigenvalue weighted by Gasteiger charge is 2.50. The third-order valence-electron chi connectivity index (χ3n) is 6.04. The van der Waals surface area contributed by atoms with Crippen molar-refractivity contribution >= 4 is 5.91 Å². The van der Waals surface area contributed by atoms with Crippen LogP contribution in [-0.2, 0) is 11.3 Å². The van der Waals surface area contributed by atoms with Gasteiger partial charge in [0.2, 0.25) is 5.91 Å². The van der Waals surface area contributed by atoms with Crippen molar-refractivity contribution in [3.05, 3.63) is 30.1 Å². The van der Waals surface area contributed by atoms with E-state index >= 15 is 0 Å². The van der Waals surface area contributed by atoms with Crippen LogP contribution in [0.5, 0.6) is 0 Å². The topological polar surface area (TPSA) is 56.7 Å². The Hall–Kier alpha value is -1.46. The van der Waals surface area contributed by atoms with Gasteiger partial charge >= 0.3 is 0 Å². The van der Waals surface area contributed by atoms with E-state index in [0.29, 0.717) is 0 Å². The first-order valence-corrected chi connectivity index (χ1v) is 8.91. The Morgan fingerprint density at radius 1 is 1.33 bits per heavy atom. The molecule has 2 aliphatic rings. The minimum atomic E-state index is -0.470. The maximum atomic E-state index is 12.1. The zero-order valence-corrected chi connectivity index (χ0v) is 15.0. The second-order valence-corrected chi connectivity index (χ2v) is 8.08. The fraction of sp³-hybridized carbons (Fsp3) is 0.684. The molecule has 5 heteroatoms. The van der Waals surface area contributed by atoms with E-state index in [4.69, 9.17) is 0 Å². The number of hydrogen-bond donors (Lipinski definition) is 1. The van der Waals surface area contributed by atoms with Crippen molar-refractivity contribution in [3.63, 3.8) is 0 Å². The van der Waals surface area contributed by atoms with E-state index in [1.165, 1.54) is 0 Å². The summed E-state index contributed by atoms with van der Waals surface area (Å²) in [5.41, 5.74) is 0.687. The lowest BCUT2D eigenvalue weighted by Crippen LogP contribution is -2.64. The number of aromatic nitrogens is 1. The number of aliphatic hydroxyl groups excluding tert-OH is 1. The molecule has 1 amide bonds. The SMILES string of the molecule is CC(=O)N1CC2(CCN(Cc3ccccn3)CC2)CC(O)C1(C)C. The Labute approximate surface area is 144 Å². The molecule has 132 valence electrons. The Morgan fingerprint density at radius 3 is 2.62 bits per heavy atom. The van der Waals surface area contributed by atoms with Crippen LogP contribution < -0.4 is 0 Å². The van der Waals surface area contributed by atoms with Crippen molar-refractivity contribution in [3.8, 4) is 0 Å². The summed E-state index contributed by atoms with van der Waals surface area (Å²) in [4.78, 5) is 20.8. The number of rotatable bonds is 2. The number of nitrogens with zero attached hydrogens (tertiary/aromatic N) is 3. The molecule has 0 bridgehead atoms. The summed E-state index contributed by atoms with van der Waals surface area (Å²) in [6.07, 6.45) is 4.22. The summed E-state index contributed by atoms with van der Waals surface area (Å²) < 4.78 is 0. The molecule has 0 aliphatic carbocycles. The lowest BCUT2D eigenvalue weighted by molar-refractivity contribution is -0.157. The summed E-state index contributed by atoms with van der Waals surface area (Å²) in [6.45, 7) is 9.20. The molecule has 2 aliphatic heterocycles. The van der Waals surface area contributed by atoms with E-state index < -0.39 is 11.6 Å². The number of piperidine rings is 2. The van der Waals surface area contributed by atoms with Crippen molar-refractivity contribution in [1.29, 1.82) is 0 Å². The Kier molecular flexibility index (Phi) is 4.67. The van der Waals surface area contributed by atoms with Gasteiger partial charge < -0.3 is 10.0 Å². The fourth-order valence-corrected chi connectivity index (χ4v) is 4.23. The van der Waals surface area contributed by atoms with E-state index in [-0.39, 0.29) is 11.3 Å². The smallest absolute Gasteiger partial charge is 0.219 e. The molecule has 1 unspecified atom stereocenters. The van der Waals surface area contributed by atoms with Crippen LogP contribution in [0.4, 0.5) is 0 Å². The predicted molar refractivity (Wildman–Crippen MR) is 93.3 cm³/mol. The summed E-state index contributed by atoms with van der Waals surface area (Å²) in [7, 11) is 0. The summed E-state index contributed by atoms with van der Waals surface area (Å²) in [5, 5.41) is 10.7. The van der Waals surface area contributed by atoms with Gasteiger partial charge in [0.15, 0.2) is 0 Å². The van der Waals surface area contributed by atoms with Gasteiger partial charge in [-0.15, -0.1) is 0 Å². The number of pyridine rings is 1. The third kappa shape index (κ3) is 3.33. The maximum Gasteiger partial charge on any atom is 0.219 e. The van der Waals surface area contributed by atoms with E-state index in [1.54, 1.807) is 6.92 Å². The van der Waals surface area contributed by atoms with Crippen molar-refractivity contribution in [1.82, 2.24) is 14.8 Å². The van der Waals surface area contributed by atoms with Crippen LogP contribution in [0.3, 0.4) is 0 Å². The van der Waals surface area contributed by atoms with Crippen LogP contribution in [0.1, 0.15) is 45.7 Å². The quantitative estimate of drug-likeness (QED) is 0.901. The zero-order valence-electron chi connectivity index (χ0n) is 15.0. The normalized spacial score (nSPS) is 26.5. The average molecular weight is 331 g/mol. The number of carbonyl (C=O) groups excluding carboxylic acids is 1. The highest BCUT2D eigenvalue weighted by atomic mass is 16.3. The summed E-state index contributed by atoms with van der Waals surface area (Å²) >= 11 is 0. The third-order valence-corrected chi connectivity index (χ3v) is 6.04. The highest BCUT2D eigenvalue weighted by molar-refractivity contribution is 5.74. The van der Waals surface area contributed by atoms with Crippen molar-refractivity contribution < 1.29 is 9.90 Å². The minimum Gasteiger partial charge on any atom is -0.391 e. The molecular formula is C19H29N3O2. The Morgan fingerprint density at radius 2 is 2.04 bits per heavy atom. The predicted octanol–water partition coefficient (Wildman–Crippen LogP) is 2.06. The molecule has 1 N–H and O–H groups in total. The molecule has 0 saturated carbocycles. The number of likely N-dealkylation sites (tertiary alicyclic amines) is 2. The van der Waals surface area contributed by atoms with E-state index in [1.807, 2.05) is 37.1 Å².